The van der Waals surface area contributed by atoms with Crippen molar-refractivity contribution in [2.75, 3.05) is 13.7 Å². The summed E-state index contributed by atoms with van der Waals surface area (Å²) in [6.45, 7) is 3.00. The highest BCUT2D eigenvalue weighted by Gasteiger charge is 2.11. The number of rotatable bonds is 6. The Kier molecular flexibility index (Phi) is 4.96. The Hall–Kier alpha value is -2.60. The number of nitrogens with zero attached hydrogens (tertiary/aromatic N) is 4. The second-order valence-electron chi connectivity index (χ2n) is 5.07. The molecule has 0 saturated heterocycles. The zero-order chi connectivity index (χ0) is 16.9. The molecule has 0 bridgehead atoms. The van der Waals surface area contributed by atoms with E-state index < -0.39 is 0 Å². The summed E-state index contributed by atoms with van der Waals surface area (Å²) >= 11 is 5.89. The molecule has 0 aliphatic heterocycles. The van der Waals surface area contributed by atoms with Crippen molar-refractivity contribution in [2.45, 2.75) is 13.5 Å². The SMILES string of the molecule is CCOc1cc(-c2nnn(Cc3ccc(Cl)cc3)n2)ccc1OC. The van der Waals surface area contributed by atoms with Crippen molar-refractivity contribution in [1.29, 1.82) is 0 Å². The van der Waals surface area contributed by atoms with Crippen LogP contribution >= 0.6 is 11.6 Å². The number of tetrazole rings is 1. The average molecular weight is 345 g/mol. The largest absolute Gasteiger partial charge is 0.493 e. The second-order valence-corrected chi connectivity index (χ2v) is 5.51. The summed E-state index contributed by atoms with van der Waals surface area (Å²) < 4.78 is 10.9. The first-order valence-electron chi connectivity index (χ1n) is 7.53. The predicted molar refractivity (Wildman–Crippen MR) is 91.5 cm³/mol. The quantitative estimate of drug-likeness (QED) is 0.685. The lowest BCUT2D eigenvalue weighted by Gasteiger charge is -2.09. The first-order valence-corrected chi connectivity index (χ1v) is 7.91. The molecule has 0 amide bonds. The van der Waals surface area contributed by atoms with E-state index in [4.69, 9.17) is 21.1 Å². The maximum atomic E-state index is 5.89. The Balaban J connectivity index is 1.82. The molecule has 0 aliphatic carbocycles. The maximum Gasteiger partial charge on any atom is 0.205 e. The van der Waals surface area contributed by atoms with Gasteiger partial charge in [-0.05, 0) is 48.0 Å². The van der Waals surface area contributed by atoms with Gasteiger partial charge in [-0.3, -0.25) is 0 Å². The fraction of sp³-hybridized carbons (Fsp3) is 0.235. The molecular formula is C17H17ClN4O2. The number of benzene rings is 2. The molecule has 6 nitrogen and oxygen atoms in total. The van der Waals surface area contributed by atoms with Crippen LogP contribution in [0.15, 0.2) is 42.5 Å². The van der Waals surface area contributed by atoms with Crippen molar-refractivity contribution in [3.8, 4) is 22.9 Å². The molecule has 3 rings (SSSR count). The highest BCUT2D eigenvalue weighted by atomic mass is 35.5. The molecule has 2 aromatic carbocycles. The van der Waals surface area contributed by atoms with E-state index in [1.54, 1.807) is 11.9 Å². The first kappa shape index (κ1) is 16.3. The molecule has 0 aliphatic rings. The van der Waals surface area contributed by atoms with E-state index >= 15 is 0 Å². The first-order chi connectivity index (χ1) is 11.7. The van der Waals surface area contributed by atoms with E-state index in [0.717, 1.165) is 11.1 Å². The molecular weight excluding hydrogens is 328 g/mol. The molecule has 3 aromatic rings. The average Bonchev–Trinajstić information content (AvgIpc) is 3.06. The molecule has 0 unspecified atom stereocenters. The van der Waals surface area contributed by atoms with E-state index in [2.05, 4.69) is 15.4 Å². The van der Waals surface area contributed by atoms with Crippen molar-refractivity contribution in [3.63, 3.8) is 0 Å². The van der Waals surface area contributed by atoms with Gasteiger partial charge in [-0.1, -0.05) is 23.7 Å². The van der Waals surface area contributed by atoms with Crippen LogP contribution in [0.5, 0.6) is 11.5 Å². The summed E-state index contributed by atoms with van der Waals surface area (Å²) in [5.74, 6) is 1.87. The van der Waals surface area contributed by atoms with Crippen LogP contribution in [0.1, 0.15) is 12.5 Å². The normalized spacial score (nSPS) is 10.6. The number of hydrogen-bond donors (Lipinski definition) is 0. The molecule has 124 valence electrons. The van der Waals surface area contributed by atoms with E-state index in [9.17, 15) is 0 Å². The van der Waals surface area contributed by atoms with Crippen LogP contribution in [0.3, 0.4) is 0 Å². The Labute approximate surface area is 145 Å². The second kappa shape index (κ2) is 7.31. The van der Waals surface area contributed by atoms with Gasteiger partial charge < -0.3 is 9.47 Å². The highest BCUT2D eigenvalue weighted by Crippen LogP contribution is 2.31. The van der Waals surface area contributed by atoms with E-state index in [-0.39, 0.29) is 0 Å². The standard InChI is InChI=1S/C17H17ClN4O2/c1-3-24-16-10-13(6-9-15(16)23-2)17-19-21-22(20-17)11-12-4-7-14(18)8-5-12/h4-10H,3,11H2,1-2H3. The molecule has 0 spiro atoms. The van der Waals surface area contributed by atoms with Gasteiger partial charge in [0.05, 0.1) is 20.3 Å². The minimum atomic E-state index is 0.526. The van der Waals surface area contributed by atoms with Gasteiger partial charge >= 0.3 is 0 Å². The summed E-state index contributed by atoms with van der Waals surface area (Å²) in [5.41, 5.74) is 1.87. The summed E-state index contributed by atoms with van der Waals surface area (Å²) in [6, 6.07) is 13.1. The zero-order valence-electron chi connectivity index (χ0n) is 13.4. The van der Waals surface area contributed by atoms with E-state index in [0.29, 0.717) is 35.5 Å². The van der Waals surface area contributed by atoms with Crippen LogP contribution in [-0.4, -0.2) is 33.9 Å². The summed E-state index contributed by atoms with van der Waals surface area (Å²) in [5, 5.41) is 13.3. The minimum Gasteiger partial charge on any atom is -0.493 e. The Morgan fingerprint density at radius 1 is 1.08 bits per heavy atom. The van der Waals surface area contributed by atoms with Gasteiger partial charge in [-0.25, -0.2) is 0 Å². The number of aromatic nitrogens is 4. The smallest absolute Gasteiger partial charge is 0.205 e. The third-order valence-corrected chi connectivity index (χ3v) is 3.66. The van der Waals surface area contributed by atoms with Crippen molar-refractivity contribution in [2.24, 2.45) is 0 Å². The lowest BCUT2D eigenvalue weighted by atomic mass is 10.2. The van der Waals surface area contributed by atoms with Gasteiger partial charge in [-0.15, -0.1) is 10.2 Å². The number of halogens is 1. The Bertz CT molecular complexity index is 818. The van der Waals surface area contributed by atoms with Crippen LogP contribution in [0.25, 0.3) is 11.4 Å². The summed E-state index contributed by atoms with van der Waals surface area (Å²) in [6.07, 6.45) is 0. The fourth-order valence-corrected chi connectivity index (χ4v) is 2.39. The van der Waals surface area contributed by atoms with Gasteiger partial charge in [0.2, 0.25) is 5.82 Å². The number of ether oxygens (including phenoxy) is 2. The van der Waals surface area contributed by atoms with Gasteiger partial charge in [0.25, 0.3) is 0 Å². The zero-order valence-corrected chi connectivity index (χ0v) is 14.2. The van der Waals surface area contributed by atoms with Crippen LogP contribution in [0.4, 0.5) is 0 Å². The molecule has 0 N–H and O–H groups in total. The lowest BCUT2D eigenvalue weighted by Crippen LogP contribution is -2.03. The molecule has 1 aromatic heterocycles. The van der Waals surface area contributed by atoms with Crippen molar-refractivity contribution in [1.82, 2.24) is 20.2 Å². The minimum absolute atomic E-state index is 0.526. The molecule has 1 heterocycles. The van der Waals surface area contributed by atoms with Crippen LogP contribution in [0.2, 0.25) is 5.02 Å². The van der Waals surface area contributed by atoms with Gasteiger partial charge in [0.15, 0.2) is 11.5 Å². The number of methoxy groups -OCH3 is 1. The maximum absolute atomic E-state index is 5.89. The van der Waals surface area contributed by atoms with Crippen molar-refractivity contribution >= 4 is 11.6 Å². The molecule has 0 radical (unpaired) electrons. The number of hydrogen-bond acceptors (Lipinski definition) is 5. The van der Waals surface area contributed by atoms with Crippen LogP contribution < -0.4 is 9.47 Å². The fourth-order valence-electron chi connectivity index (χ4n) is 2.26. The van der Waals surface area contributed by atoms with E-state index in [1.807, 2.05) is 49.4 Å². The van der Waals surface area contributed by atoms with Crippen molar-refractivity contribution < 1.29 is 9.47 Å². The van der Waals surface area contributed by atoms with Crippen LogP contribution in [-0.2, 0) is 6.54 Å². The topological polar surface area (TPSA) is 62.1 Å². The van der Waals surface area contributed by atoms with Gasteiger partial charge in [0.1, 0.15) is 0 Å². The Morgan fingerprint density at radius 3 is 2.58 bits per heavy atom. The molecule has 7 heteroatoms. The Morgan fingerprint density at radius 2 is 1.88 bits per heavy atom. The third kappa shape index (κ3) is 3.65. The highest BCUT2D eigenvalue weighted by molar-refractivity contribution is 6.30. The summed E-state index contributed by atoms with van der Waals surface area (Å²) in [4.78, 5) is 1.54. The molecule has 0 saturated carbocycles. The van der Waals surface area contributed by atoms with Gasteiger partial charge in [-0.2, -0.15) is 4.80 Å². The van der Waals surface area contributed by atoms with Crippen molar-refractivity contribution in [3.05, 3.63) is 53.1 Å². The molecule has 0 atom stereocenters. The lowest BCUT2D eigenvalue weighted by molar-refractivity contribution is 0.311. The van der Waals surface area contributed by atoms with Crippen LogP contribution in [0, 0.1) is 0 Å². The monoisotopic (exact) mass is 344 g/mol. The predicted octanol–water partition coefficient (Wildman–Crippen LogP) is 3.45. The third-order valence-electron chi connectivity index (χ3n) is 3.41. The molecule has 24 heavy (non-hydrogen) atoms. The molecule has 0 fully saturated rings. The summed E-state index contributed by atoms with van der Waals surface area (Å²) in [7, 11) is 1.61. The van der Waals surface area contributed by atoms with Gasteiger partial charge in [0, 0.05) is 10.6 Å². The van der Waals surface area contributed by atoms with E-state index in [1.165, 1.54) is 0 Å².